The van der Waals surface area contributed by atoms with E-state index in [4.69, 9.17) is 15.9 Å². The van der Waals surface area contributed by atoms with Crippen molar-refractivity contribution < 1.29 is 23.9 Å². The highest BCUT2D eigenvalue weighted by molar-refractivity contribution is 8.18. The fourth-order valence-electron chi connectivity index (χ4n) is 1.88. The van der Waals surface area contributed by atoms with Gasteiger partial charge >= 0.3 is 5.97 Å². The van der Waals surface area contributed by atoms with E-state index in [1.165, 1.54) is 0 Å². The van der Waals surface area contributed by atoms with Crippen molar-refractivity contribution in [1.29, 1.82) is 0 Å². The van der Waals surface area contributed by atoms with E-state index in [1.807, 2.05) is 0 Å². The van der Waals surface area contributed by atoms with Crippen molar-refractivity contribution in [2.45, 2.75) is 6.92 Å². The van der Waals surface area contributed by atoms with Gasteiger partial charge in [-0.15, -0.1) is 6.42 Å². The second-order valence-electron chi connectivity index (χ2n) is 4.63. The van der Waals surface area contributed by atoms with Crippen LogP contribution in [0.3, 0.4) is 0 Å². The third-order valence-electron chi connectivity index (χ3n) is 2.96. The first-order chi connectivity index (χ1) is 11.5. The molecule has 0 aromatic heterocycles. The molecule has 1 aliphatic heterocycles. The van der Waals surface area contributed by atoms with E-state index in [2.05, 4.69) is 5.92 Å². The maximum absolute atomic E-state index is 12.1. The molecule has 0 aliphatic carbocycles. The quantitative estimate of drug-likeness (QED) is 0.447. The van der Waals surface area contributed by atoms with Crippen LogP contribution in [0.5, 0.6) is 5.75 Å². The van der Waals surface area contributed by atoms with Crippen LogP contribution in [-0.2, 0) is 14.3 Å². The zero-order chi connectivity index (χ0) is 17.5. The van der Waals surface area contributed by atoms with Gasteiger partial charge in [0, 0.05) is 0 Å². The molecule has 0 bridgehead atoms. The van der Waals surface area contributed by atoms with Crippen LogP contribution >= 0.6 is 11.8 Å². The zero-order valence-corrected chi connectivity index (χ0v) is 13.8. The SMILES string of the molecule is C#CCN1C(=O)SC(=Cc2ccc(OCC(=O)OCC)cc2)C1=O. The lowest BCUT2D eigenvalue weighted by Gasteiger charge is -2.07. The highest BCUT2D eigenvalue weighted by Gasteiger charge is 2.34. The first-order valence-corrected chi connectivity index (χ1v) is 7.94. The molecule has 0 spiro atoms. The van der Waals surface area contributed by atoms with Gasteiger partial charge in [-0.2, -0.15) is 0 Å². The molecule has 1 aromatic rings. The number of nitrogens with zero attached hydrogens (tertiary/aromatic N) is 1. The van der Waals surface area contributed by atoms with Crippen LogP contribution in [0.1, 0.15) is 12.5 Å². The average Bonchev–Trinajstić information content (AvgIpc) is 2.82. The van der Waals surface area contributed by atoms with E-state index in [1.54, 1.807) is 37.3 Å². The van der Waals surface area contributed by atoms with Gasteiger partial charge in [0.1, 0.15) is 5.75 Å². The number of hydrogen-bond donors (Lipinski definition) is 0. The Hall–Kier alpha value is -2.72. The van der Waals surface area contributed by atoms with Crippen molar-refractivity contribution >= 4 is 35.0 Å². The van der Waals surface area contributed by atoms with Gasteiger partial charge in [0.15, 0.2) is 6.61 Å². The first kappa shape index (κ1) is 17.6. The van der Waals surface area contributed by atoms with Crippen LogP contribution in [0.2, 0.25) is 0 Å². The van der Waals surface area contributed by atoms with Crippen molar-refractivity contribution in [1.82, 2.24) is 4.90 Å². The molecular weight excluding hydrogens is 330 g/mol. The van der Waals surface area contributed by atoms with Gasteiger partial charge < -0.3 is 9.47 Å². The van der Waals surface area contributed by atoms with Gasteiger partial charge in [0.2, 0.25) is 0 Å². The first-order valence-electron chi connectivity index (χ1n) is 7.12. The minimum absolute atomic E-state index is 0.0390. The molecule has 2 rings (SSSR count). The molecule has 1 aromatic carbocycles. The number of carbonyl (C=O) groups is 3. The van der Waals surface area contributed by atoms with Crippen LogP contribution < -0.4 is 4.74 Å². The van der Waals surface area contributed by atoms with E-state index in [0.29, 0.717) is 17.3 Å². The number of hydrogen-bond acceptors (Lipinski definition) is 6. The summed E-state index contributed by atoms with van der Waals surface area (Å²) >= 11 is 0.851. The summed E-state index contributed by atoms with van der Waals surface area (Å²) < 4.78 is 10.0. The standard InChI is InChI=1S/C17H15NO5S/c1-3-9-18-16(20)14(24-17(18)21)10-12-5-7-13(8-6-12)23-11-15(19)22-4-2/h1,5-8,10H,4,9,11H2,2H3. The number of imide groups is 1. The topological polar surface area (TPSA) is 72.9 Å². The summed E-state index contributed by atoms with van der Waals surface area (Å²) in [5.41, 5.74) is 0.727. The van der Waals surface area contributed by atoms with E-state index in [9.17, 15) is 14.4 Å². The molecule has 0 saturated carbocycles. The van der Waals surface area contributed by atoms with Crippen LogP contribution in [0.4, 0.5) is 4.79 Å². The Kier molecular flexibility index (Phi) is 6.04. The maximum atomic E-state index is 12.1. The molecule has 7 heteroatoms. The number of rotatable bonds is 6. The van der Waals surface area contributed by atoms with Crippen LogP contribution in [0.25, 0.3) is 6.08 Å². The Morgan fingerprint density at radius 3 is 2.67 bits per heavy atom. The summed E-state index contributed by atoms with van der Waals surface area (Å²) in [6.45, 7) is 1.81. The minimum atomic E-state index is -0.441. The third-order valence-corrected chi connectivity index (χ3v) is 3.87. The van der Waals surface area contributed by atoms with Gasteiger partial charge in [0.25, 0.3) is 11.1 Å². The van der Waals surface area contributed by atoms with Crippen LogP contribution in [0.15, 0.2) is 29.2 Å². The normalized spacial score (nSPS) is 15.5. The summed E-state index contributed by atoms with van der Waals surface area (Å²) in [4.78, 5) is 36.3. The minimum Gasteiger partial charge on any atom is -0.482 e. The summed E-state index contributed by atoms with van der Waals surface area (Å²) in [5.74, 6) is 1.95. The van der Waals surface area contributed by atoms with Gasteiger partial charge in [0.05, 0.1) is 18.1 Å². The Labute approximate surface area is 143 Å². The number of terminal acetylenes is 1. The molecule has 1 fully saturated rings. The van der Waals surface area contributed by atoms with Crippen molar-refractivity contribution in [3.63, 3.8) is 0 Å². The molecule has 0 N–H and O–H groups in total. The molecule has 1 saturated heterocycles. The molecule has 2 amide bonds. The molecular formula is C17H15NO5S. The van der Waals surface area contributed by atoms with E-state index in [-0.39, 0.29) is 18.4 Å². The zero-order valence-electron chi connectivity index (χ0n) is 13.0. The Balaban J connectivity index is 2.01. The summed E-state index contributed by atoms with van der Waals surface area (Å²) in [5, 5.41) is -0.376. The number of benzene rings is 1. The molecule has 1 aliphatic rings. The number of thioether (sulfide) groups is 1. The van der Waals surface area contributed by atoms with Crippen molar-refractivity contribution in [3.8, 4) is 18.1 Å². The molecule has 0 atom stereocenters. The van der Waals surface area contributed by atoms with Gasteiger partial charge in [-0.05, 0) is 42.5 Å². The van der Waals surface area contributed by atoms with Crippen LogP contribution in [0, 0.1) is 12.3 Å². The molecule has 0 unspecified atom stereocenters. The fraction of sp³-hybridized carbons (Fsp3) is 0.235. The lowest BCUT2D eigenvalue weighted by atomic mass is 10.2. The Morgan fingerprint density at radius 1 is 1.33 bits per heavy atom. The van der Waals surface area contributed by atoms with E-state index >= 15 is 0 Å². The molecule has 0 radical (unpaired) electrons. The lowest BCUT2D eigenvalue weighted by Crippen LogP contribution is -2.28. The number of amides is 2. The van der Waals surface area contributed by atoms with Crippen LogP contribution in [-0.4, -0.2) is 41.8 Å². The maximum Gasteiger partial charge on any atom is 0.344 e. The number of carbonyl (C=O) groups excluding carboxylic acids is 3. The molecule has 124 valence electrons. The molecule has 1 heterocycles. The number of ether oxygens (including phenoxy) is 2. The molecule has 6 nitrogen and oxygen atoms in total. The van der Waals surface area contributed by atoms with Crippen molar-refractivity contribution in [3.05, 3.63) is 34.7 Å². The fourth-order valence-corrected chi connectivity index (χ4v) is 2.72. The highest BCUT2D eigenvalue weighted by Crippen LogP contribution is 2.32. The van der Waals surface area contributed by atoms with Gasteiger partial charge in [-0.3, -0.25) is 14.5 Å². The smallest absolute Gasteiger partial charge is 0.344 e. The summed E-state index contributed by atoms with van der Waals surface area (Å²) in [6, 6.07) is 6.76. The summed E-state index contributed by atoms with van der Waals surface area (Å²) in [7, 11) is 0. The Bertz CT molecular complexity index is 717. The van der Waals surface area contributed by atoms with Crippen molar-refractivity contribution in [2.75, 3.05) is 19.8 Å². The summed E-state index contributed by atoms with van der Waals surface area (Å²) in [6.07, 6.45) is 6.75. The monoisotopic (exact) mass is 345 g/mol. The highest BCUT2D eigenvalue weighted by atomic mass is 32.2. The van der Waals surface area contributed by atoms with E-state index in [0.717, 1.165) is 22.2 Å². The van der Waals surface area contributed by atoms with E-state index < -0.39 is 11.9 Å². The van der Waals surface area contributed by atoms with Gasteiger partial charge in [-0.1, -0.05) is 18.1 Å². The number of esters is 1. The lowest BCUT2D eigenvalue weighted by molar-refractivity contribution is -0.145. The average molecular weight is 345 g/mol. The Morgan fingerprint density at radius 2 is 2.04 bits per heavy atom. The molecule has 24 heavy (non-hydrogen) atoms. The second-order valence-corrected chi connectivity index (χ2v) is 5.63. The largest absolute Gasteiger partial charge is 0.482 e. The predicted octanol–water partition coefficient (Wildman–Crippen LogP) is 2.30. The van der Waals surface area contributed by atoms with Gasteiger partial charge in [-0.25, -0.2) is 4.79 Å². The third kappa shape index (κ3) is 4.40. The second kappa shape index (κ2) is 8.22. The predicted molar refractivity (Wildman–Crippen MR) is 90.1 cm³/mol. The van der Waals surface area contributed by atoms with Crippen molar-refractivity contribution in [2.24, 2.45) is 0 Å².